The second-order valence-corrected chi connectivity index (χ2v) is 11.1. The minimum atomic E-state index is -4.64. The zero-order valence-corrected chi connectivity index (χ0v) is 23.3. The van der Waals surface area contributed by atoms with Gasteiger partial charge in [0.2, 0.25) is 0 Å². The van der Waals surface area contributed by atoms with Gasteiger partial charge < -0.3 is 10.2 Å². The van der Waals surface area contributed by atoms with E-state index < -0.39 is 47.5 Å². The number of amides is 3. The molecule has 3 aromatic rings. The lowest BCUT2D eigenvalue weighted by Gasteiger charge is -2.38. The Morgan fingerprint density at radius 3 is 2.49 bits per heavy atom. The summed E-state index contributed by atoms with van der Waals surface area (Å²) in [6.07, 6.45) is -1.93. The second kappa shape index (κ2) is 10.9. The molecule has 0 spiro atoms. The third-order valence-electron chi connectivity index (χ3n) is 8.43. The van der Waals surface area contributed by atoms with Crippen molar-refractivity contribution >= 4 is 23.5 Å². The third kappa shape index (κ3) is 5.02. The number of nitriles is 1. The molecular formula is C31H29F3N6O3. The maximum Gasteiger partial charge on any atom is 0.416 e. The minimum Gasteiger partial charge on any atom is -0.340 e. The number of carbonyl (C=O) groups excluding carboxylic acids is 3. The van der Waals surface area contributed by atoms with Gasteiger partial charge in [0.15, 0.2) is 5.69 Å². The summed E-state index contributed by atoms with van der Waals surface area (Å²) in [5.74, 6) is -1.94. The van der Waals surface area contributed by atoms with E-state index in [-0.39, 0.29) is 23.7 Å². The average molecular weight is 591 g/mol. The van der Waals surface area contributed by atoms with Gasteiger partial charge in [-0.1, -0.05) is 24.3 Å². The van der Waals surface area contributed by atoms with Crippen molar-refractivity contribution in [1.82, 2.24) is 20.0 Å². The van der Waals surface area contributed by atoms with E-state index in [0.717, 1.165) is 31.0 Å². The number of likely N-dealkylation sites (N-methyl/N-ethyl adjacent to an activating group) is 1. The van der Waals surface area contributed by atoms with Crippen molar-refractivity contribution in [3.63, 3.8) is 0 Å². The molecular weight excluding hydrogens is 561 g/mol. The second-order valence-electron chi connectivity index (χ2n) is 11.1. The van der Waals surface area contributed by atoms with E-state index in [1.54, 1.807) is 23.7 Å². The molecule has 1 aliphatic carbocycles. The van der Waals surface area contributed by atoms with Crippen LogP contribution in [0.4, 0.5) is 19.0 Å². The van der Waals surface area contributed by atoms with Gasteiger partial charge in [-0.3, -0.25) is 19.3 Å². The molecule has 1 aromatic heterocycles. The van der Waals surface area contributed by atoms with Crippen LogP contribution < -0.4 is 10.2 Å². The predicted octanol–water partition coefficient (Wildman–Crippen LogP) is 4.68. The Labute approximate surface area is 245 Å². The number of hydrogen-bond acceptors (Lipinski definition) is 5. The maximum absolute atomic E-state index is 14.1. The van der Waals surface area contributed by atoms with Crippen LogP contribution in [0.25, 0.3) is 5.69 Å². The smallest absolute Gasteiger partial charge is 0.340 e. The summed E-state index contributed by atoms with van der Waals surface area (Å²) in [4.78, 5) is 44.6. The SMILES string of the molecule is CCN1C(=O)[C@@H](NC(=O)c2cccc(C(F)(F)F)c2)[C@@H](C2CC2)c2c(C(=O)N3CCC[C@H]3C#N)nn(-c3ccccc3)c21. The Hall–Kier alpha value is -4.66. The molecule has 1 N–H and O–H groups in total. The summed E-state index contributed by atoms with van der Waals surface area (Å²) in [6, 6.07) is 13.6. The number of para-hydroxylation sites is 1. The molecule has 43 heavy (non-hydrogen) atoms. The lowest BCUT2D eigenvalue weighted by atomic mass is 9.82. The fourth-order valence-electron chi connectivity index (χ4n) is 6.25. The summed E-state index contributed by atoms with van der Waals surface area (Å²) in [5.41, 5.74) is 0.0541. The fraction of sp³-hybridized carbons (Fsp3) is 0.387. The standard InChI is InChI=1S/C31H29F3N6O3/c1-2-38-28-24(26(30(43)39-15-7-12-22(39)17-35)37-40(28)21-10-4-3-5-11-21)23(18-13-14-18)25(29(38)42)36-27(41)19-8-6-9-20(16-19)31(32,33)34/h3-6,8-11,16,18,22-23,25H,2,7,12-15H2,1H3,(H,36,41)/t22-,23-,25-/m0/s1. The van der Waals surface area contributed by atoms with Gasteiger partial charge >= 0.3 is 6.18 Å². The first-order chi connectivity index (χ1) is 20.6. The molecule has 9 nitrogen and oxygen atoms in total. The number of nitrogens with zero attached hydrogens (tertiary/aromatic N) is 5. The highest BCUT2D eigenvalue weighted by molar-refractivity contribution is 6.07. The number of fused-ring (bicyclic) bond motifs is 1. The van der Waals surface area contributed by atoms with Crippen molar-refractivity contribution < 1.29 is 27.6 Å². The van der Waals surface area contributed by atoms with E-state index in [4.69, 9.17) is 5.10 Å². The van der Waals surface area contributed by atoms with Crippen LogP contribution in [-0.2, 0) is 11.0 Å². The minimum absolute atomic E-state index is 0.0566. The van der Waals surface area contributed by atoms with Crippen molar-refractivity contribution in [3.05, 3.63) is 77.0 Å². The summed E-state index contributed by atoms with van der Waals surface area (Å²) in [7, 11) is 0. The third-order valence-corrected chi connectivity index (χ3v) is 8.43. The molecule has 2 aromatic carbocycles. The maximum atomic E-state index is 14.1. The van der Waals surface area contributed by atoms with E-state index >= 15 is 0 Å². The van der Waals surface area contributed by atoms with E-state index in [0.29, 0.717) is 36.5 Å². The van der Waals surface area contributed by atoms with Crippen LogP contribution in [0.3, 0.4) is 0 Å². The Balaban J connectivity index is 1.48. The highest BCUT2D eigenvalue weighted by Crippen LogP contribution is 2.52. The van der Waals surface area contributed by atoms with Crippen molar-refractivity contribution in [2.45, 2.75) is 56.8 Å². The summed E-state index contributed by atoms with van der Waals surface area (Å²) in [6.45, 7) is 2.35. The number of halogens is 3. The lowest BCUT2D eigenvalue weighted by molar-refractivity contribution is -0.137. The Bertz CT molecular complexity index is 1630. The van der Waals surface area contributed by atoms with Gasteiger partial charge in [-0.2, -0.15) is 23.5 Å². The lowest BCUT2D eigenvalue weighted by Crippen LogP contribution is -2.56. The molecule has 2 fully saturated rings. The predicted molar refractivity (Wildman–Crippen MR) is 149 cm³/mol. The quantitative estimate of drug-likeness (QED) is 0.448. The number of nitrogens with one attached hydrogen (secondary N) is 1. The fourth-order valence-corrected chi connectivity index (χ4v) is 6.25. The van der Waals surface area contributed by atoms with Crippen molar-refractivity contribution in [1.29, 1.82) is 5.26 Å². The largest absolute Gasteiger partial charge is 0.416 e. The van der Waals surface area contributed by atoms with Crippen molar-refractivity contribution in [2.75, 3.05) is 18.0 Å². The monoisotopic (exact) mass is 590 g/mol. The average Bonchev–Trinajstić information content (AvgIpc) is 3.59. The van der Waals surface area contributed by atoms with Crippen molar-refractivity contribution in [2.24, 2.45) is 5.92 Å². The van der Waals surface area contributed by atoms with Crippen molar-refractivity contribution in [3.8, 4) is 11.8 Å². The molecule has 2 aliphatic heterocycles. The molecule has 0 unspecified atom stereocenters. The van der Waals surface area contributed by atoms with Crippen LogP contribution >= 0.6 is 0 Å². The molecule has 0 bridgehead atoms. The van der Waals surface area contributed by atoms with Gasteiger partial charge in [0.25, 0.3) is 17.7 Å². The number of anilines is 1. The van der Waals surface area contributed by atoms with Crippen LogP contribution in [0.15, 0.2) is 54.6 Å². The number of carbonyl (C=O) groups is 3. The highest BCUT2D eigenvalue weighted by Gasteiger charge is 2.52. The van der Waals surface area contributed by atoms with Crippen LogP contribution in [-0.4, -0.2) is 57.6 Å². The van der Waals surface area contributed by atoms with E-state index in [9.17, 15) is 32.8 Å². The summed E-state index contributed by atoms with van der Waals surface area (Å²) in [5, 5.41) is 17.2. The number of benzene rings is 2. The molecule has 3 atom stereocenters. The van der Waals surface area contributed by atoms with Gasteiger partial charge in [-0.15, -0.1) is 0 Å². The zero-order valence-electron chi connectivity index (χ0n) is 23.3. The van der Waals surface area contributed by atoms with Crippen LogP contribution in [0.2, 0.25) is 0 Å². The Kier molecular flexibility index (Phi) is 7.20. The molecule has 222 valence electrons. The molecule has 3 aliphatic rings. The Morgan fingerprint density at radius 1 is 1.09 bits per heavy atom. The number of likely N-dealkylation sites (tertiary alicyclic amines) is 1. The molecule has 0 radical (unpaired) electrons. The van der Waals surface area contributed by atoms with Crippen LogP contribution in [0.5, 0.6) is 0 Å². The van der Waals surface area contributed by atoms with Gasteiger partial charge in [0.1, 0.15) is 17.9 Å². The molecule has 1 saturated heterocycles. The Morgan fingerprint density at radius 2 is 1.84 bits per heavy atom. The number of rotatable bonds is 6. The van der Waals surface area contributed by atoms with Gasteiger partial charge in [0.05, 0.1) is 17.3 Å². The first kappa shape index (κ1) is 28.5. The number of alkyl halides is 3. The van der Waals surface area contributed by atoms with E-state index in [1.807, 2.05) is 18.2 Å². The molecule has 3 amide bonds. The highest BCUT2D eigenvalue weighted by atomic mass is 19.4. The van der Waals surface area contributed by atoms with Gasteiger partial charge in [-0.05, 0) is 68.9 Å². The normalized spacial score (nSPS) is 21.8. The molecule has 3 heterocycles. The van der Waals surface area contributed by atoms with Gasteiger partial charge in [0, 0.05) is 30.1 Å². The van der Waals surface area contributed by atoms with Crippen LogP contribution in [0, 0.1) is 17.2 Å². The van der Waals surface area contributed by atoms with E-state index in [1.165, 1.54) is 15.9 Å². The van der Waals surface area contributed by atoms with Gasteiger partial charge in [-0.25, -0.2) is 4.68 Å². The molecule has 12 heteroatoms. The topological polar surface area (TPSA) is 111 Å². The number of aromatic nitrogens is 2. The first-order valence-corrected chi connectivity index (χ1v) is 14.3. The molecule has 1 saturated carbocycles. The summed E-state index contributed by atoms with van der Waals surface area (Å²) >= 11 is 0. The molecule has 6 rings (SSSR count). The number of hydrogen-bond donors (Lipinski definition) is 1. The first-order valence-electron chi connectivity index (χ1n) is 14.3. The van der Waals surface area contributed by atoms with Crippen LogP contribution in [0.1, 0.15) is 70.5 Å². The summed E-state index contributed by atoms with van der Waals surface area (Å²) < 4.78 is 41.7. The van der Waals surface area contributed by atoms with E-state index in [2.05, 4.69) is 11.4 Å². The zero-order chi connectivity index (χ0) is 30.5.